The third-order valence-electron chi connectivity index (χ3n) is 5.66. The van der Waals surface area contributed by atoms with E-state index in [0.717, 1.165) is 25.9 Å². The van der Waals surface area contributed by atoms with Crippen molar-refractivity contribution in [1.82, 2.24) is 10.6 Å². The Kier molecular flexibility index (Phi) is 3.67. The lowest BCUT2D eigenvalue weighted by Gasteiger charge is -2.60. The second kappa shape index (κ2) is 5.19. The summed E-state index contributed by atoms with van der Waals surface area (Å²) in [7, 11) is 0. The van der Waals surface area contributed by atoms with E-state index in [-0.39, 0.29) is 29.5 Å². The lowest BCUT2D eigenvalue weighted by atomic mass is 9.51. The van der Waals surface area contributed by atoms with Crippen molar-refractivity contribution < 1.29 is 14.6 Å². The van der Waals surface area contributed by atoms with Crippen molar-refractivity contribution in [3.05, 3.63) is 0 Å². The second-order valence-electron chi connectivity index (χ2n) is 6.80. The Bertz CT molecular complexity index is 377. The van der Waals surface area contributed by atoms with Crippen LogP contribution in [0.25, 0.3) is 0 Å². The Labute approximate surface area is 120 Å². The van der Waals surface area contributed by atoms with Crippen LogP contribution in [-0.4, -0.2) is 43.0 Å². The molecule has 2 unspecified atom stereocenters. The number of carbonyl (C=O) groups excluding carboxylic acids is 1. The predicted octanol–water partition coefficient (Wildman–Crippen LogP) is 1.41. The summed E-state index contributed by atoms with van der Waals surface area (Å²) in [6.07, 6.45) is 6.89. The average Bonchev–Trinajstić information content (AvgIpc) is 3.14. The van der Waals surface area contributed by atoms with Crippen LogP contribution in [0.15, 0.2) is 0 Å². The van der Waals surface area contributed by atoms with Gasteiger partial charge in [-0.05, 0) is 39.0 Å². The van der Waals surface area contributed by atoms with Crippen molar-refractivity contribution in [2.75, 3.05) is 19.8 Å². The first-order chi connectivity index (χ1) is 9.64. The van der Waals surface area contributed by atoms with Crippen LogP contribution < -0.4 is 10.6 Å². The van der Waals surface area contributed by atoms with E-state index in [4.69, 9.17) is 4.74 Å². The number of carbonyl (C=O) groups is 1. The molecule has 2 amide bonds. The minimum atomic E-state index is -0.0871. The third-order valence-corrected chi connectivity index (χ3v) is 5.66. The first-order valence-corrected chi connectivity index (χ1v) is 7.91. The maximum atomic E-state index is 12.0. The van der Waals surface area contributed by atoms with Gasteiger partial charge in [0.25, 0.3) is 0 Å². The summed E-state index contributed by atoms with van der Waals surface area (Å²) in [6.45, 7) is 3.55. The molecule has 0 radical (unpaired) electrons. The van der Waals surface area contributed by atoms with Gasteiger partial charge in [0.05, 0.1) is 12.7 Å². The Morgan fingerprint density at radius 1 is 1.35 bits per heavy atom. The van der Waals surface area contributed by atoms with Crippen LogP contribution in [0.2, 0.25) is 0 Å². The molecule has 3 saturated carbocycles. The lowest BCUT2D eigenvalue weighted by Crippen LogP contribution is -2.68. The van der Waals surface area contributed by atoms with Gasteiger partial charge >= 0.3 is 6.03 Å². The summed E-state index contributed by atoms with van der Waals surface area (Å²) < 4.78 is 5.78. The summed E-state index contributed by atoms with van der Waals surface area (Å²) in [4.78, 5) is 12.0. The fraction of sp³-hybridized carbons (Fsp3) is 0.933. The number of nitrogens with one attached hydrogen (secondary N) is 2. The topological polar surface area (TPSA) is 70.6 Å². The number of hydrogen-bond donors (Lipinski definition) is 3. The number of ether oxygens (including phenoxy) is 1. The molecule has 1 spiro atoms. The minimum absolute atomic E-state index is 0.0288. The number of aliphatic hydroxyl groups is 1. The van der Waals surface area contributed by atoms with E-state index in [1.165, 1.54) is 19.3 Å². The van der Waals surface area contributed by atoms with Gasteiger partial charge in [-0.1, -0.05) is 6.42 Å². The number of amides is 2. The van der Waals surface area contributed by atoms with Crippen LogP contribution in [0.3, 0.4) is 0 Å². The molecule has 5 nitrogen and oxygen atoms in total. The van der Waals surface area contributed by atoms with Gasteiger partial charge in [-0.25, -0.2) is 4.79 Å². The van der Waals surface area contributed by atoms with Gasteiger partial charge in [0.15, 0.2) is 0 Å². The SMILES string of the molecule is CCOC1CC(NC(=O)NCC2(CO)CC2)C12CCC2. The van der Waals surface area contributed by atoms with E-state index < -0.39 is 0 Å². The monoisotopic (exact) mass is 282 g/mol. The summed E-state index contributed by atoms with van der Waals surface area (Å²) >= 11 is 0. The third kappa shape index (κ3) is 2.31. The van der Waals surface area contributed by atoms with Gasteiger partial charge in [0, 0.05) is 30.0 Å². The molecule has 0 aromatic carbocycles. The summed E-state index contributed by atoms with van der Waals surface area (Å²) in [5.74, 6) is 0. The van der Waals surface area contributed by atoms with Crippen molar-refractivity contribution in [3.8, 4) is 0 Å². The summed E-state index contributed by atoms with van der Waals surface area (Å²) in [5.41, 5.74) is 0.181. The molecule has 3 N–H and O–H groups in total. The quantitative estimate of drug-likeness (QED) is 0.690. The van der Waals surface area contributed by atoms with E-state index in [9.17, 15) is 9.90 Å². The van der Waals surface area contributed by atoms with Crippen molar-refractivity contribution >= 4 is 6.03 Å². The molecule has 3 aliphatic rings. The molecule has 0 aromatic heterocycles. The van der Waals surface area contributed by atoms with Gasteiger partial charge in [-0.2, -0.15) is 0 Å². The predicted molar refractivity (Wildman–Crippen MR) is 75.4 cm³/mol. The van der Waals surface area contributed by atoms with Gasteiger partial charge in [0.1, 0.15) is 0 Å². The maximum Gasteiger partial charge on any atom is 0.315 e. The number of urea groups is 1. The zero-order chi connectivity index (χ0) is 14.2. The van der Waals surface area contributed by atoms with Gasteiger partial charge in [-0.15, -0.1) is 0 Å². The van der Waals surface area contributed by atoms with Crippen molar-refractivity contribution in [3.63, 3.8) is 0 Å². The van der Waals surface area contributed by atoms with Crippen molar-refractivity contribution in [1.29, 1.82) is 0 Å². The molecule has 3 aliphatic carbocycles. The van der Waals surface area contributed by atoms with Gasteiger partial charge in [0.2, 0.25) is 0 Å². The van der Waals surface area contributed by atoms with Crippen molar-refractivity contribution in [2.24, 2.45) is 10.8 Å². The molecule has 20 heavy (non-hydrogen) atoms. The van der Waals surface area contributed by atoms with E-state index in [1.807, 2.05) is 6.92 Å². The Morgan fingerprint density at radius 3 is 2.60 bits per heavy atom. The molecule has 3 rings (SSSR count). The molecular formula is C15H26N2O3. The van der Waals surface area contributed by atoms with Crippen LogP contribution in [0.5, 0.6) is 0 Å². The Morgan fingerprint density at radius 2 is 2.10 bits per heavy atom. The fourth-order valence-corrected chi connectivity index (χ4v) is 3.69. The minimum Gasteiger partial charge on any atom is -0.396 e. The van der Waals surface area contributed by atoms with Crippen LogP contribution in [0, 0.1) is 10.8 Å². The highest BCUT2D eigenvalue weighted by Crippen LogP contribution is 2.57. The molecular weight excluding hydrogens is 256 g/mol. The van der Waals surface area contributed by atoms with Crippen LogP contribution >= 0.6 is 0 Å². The first-order valence-electron chi connectivity index (χ1n) is 7.91. The van der Waals surface area contributed by atoms with Crippen LogP contribution in [0.1, 0.15) is 45.4 Å². The van der Waals surface area contributed by atoms with Crippen LogP contribution in [0.4, 0.5) is 4.79 Å². The molecule has 0 heterocycles. The highest BCUT2D eigenvalue weighted by atomic mass is 16.5. The highest BCUT2D eigenvalue weighted by Gasteiger charge is 2.59. The largest absolute Gasteiger partial charge is 0.396 e. The van der Waals surface area contributed by atoms with Gasteiger partial charge in [-0.3, -0.25) is 0 Å². The molecule has 3 fully saturated rings. The standard InChI is InChI=1S/C15H26N2O3/c1-2-20-12-8-11(15(12)4-3-5-15)17-13(19)16-9-14(10-18)6-7-14/h11-12,18H,2-10H2,1H3,(H2,16,17,19). The van der Waals surface area contributed by atoms with Crippen LogP contribution in [-0.2, 0) is 4.74 Å². The van der Waals surface area contributed by atoms with E-state index in [2.05, 4.69) is 10.6 Å². The average molecular weight is 282 g/mol. The molecule has 5 heteroatoms. The maximum absolute atomic E-state index is 12.0. The normalized spacial score (nSPS) is 32.1. The first kappa shape index (κ1) is 14.1. The Hall–Kier alpha value is -0.810. The Balaban J connectivity index is 1.45. The van der Waals surface area contributed by atoms with Crippen molar-refractivity contribution in [2.45, 2.75) is 57.6 Å². The summed E-state index contributed by atoms with van der Waals surface area (Å²) in [6, 6.07) is 0.174. The zero-order valence-electron chi connectivity index (χ0n) is 12.3. The van der Waals surface area contributed by atoms with E-state index >= 15 is 0 Å². The highest BCUT2D eigenvalue weighted by molar-refractivity contribution is 5.74. The smallest absolute Gasteiger partial charge is 0.315 e. The number of hydrogen-bond acceptors (Lipinski definition) is 3. The number of aliphatic hydroxyl groups excluding tert-OH is 1. The molecule has 0 bridgehead atoms. The summed E-state index contributed by atoms with van der Waals surface area (Å²) in [5, 5.41) is 15.3. The van der Waals surface area contributed by atoms with E-state index in [1.54, 1.807) is 0 Å². The second-order valence-corrected chi connectivity index (χ2v) is 6.80. The molecule has 0 saturated heterocycles. The molecule has 114 valence electrons. The van der Waals surface area contributed by atoms with Gasteiger partial charge < -0.3 is 20.5 Å². The zero-order valence-corrected chi connectivity index (χ0v) is 12.3. The number of rotatable bonds is 6. The lowest BCUT2D eigenvalue weighted by molar-refractivity contribution is -0.169. The fourth-order valence-electron chi connectivity index (χ4n) is 3.69. The van der Waals surface area contributed by atoms with E-state index in [0.29, 0.717) is 12.6 Å². The molecule has 0 aromatic rings. The molecule has 0 aliphatic heterocycles. The molecule has 2 atom stereocenters.